The lowest BCUT2D eigenvalue weighted by Crippen LogP contribution is -1.94. The number of imidazole rings is 1. The molecule has 3 rings (SSSR count). The van der Waals surface area contributed by atoms with E-state index in [1.807, 2.05) is 42.8 Å². The molecule has 0 bridgehead atoms. The molecule has 0 amide bonds. The minimum absolute atomic E-state index is 0.244. The Morgan fingerprint density at radius 1 is 1.22 bits per heavy atom. The maximum Gasteiger partial charge on any atom is 0.160 e. The molecule has 4 heteroatoms. The summed E-state index contributed by atoms with van der Waals surface area (Å²) in [6, 6.07) is 9.35. The fourth-order valence-corrected chi connectivity index (χ4v) is 2.10. The molecule has 0 aliphatic carbocycles. The second-order valence-corrected chi connectivity index (χ2v) is 4.36. The van der Waals surface area contributed by atoms with Crippen LogP contribution in [0.5, 0.6) is 5.75 Å². The van der Waals surface area contributed by atoms with Crippen LogP contribution in [-0.2, 0) is 7.05 Å². The highest BCUT2D eigenvalue weighted by Crippen LogP contribution is 2.30. The van der Waals surface area contributed by atoms with Gasteiger partial charge in [-0.15, -0.1) is 0 Å². The summed E-state index contributed by atoms with van der Waals surface area (Å²) in [6.45, 7) is 1.94. The number of fused-ring (bicyclic) bond motifs is 1. The van der Waals surface area contributed by atoms with Gasteiger partial charge in [-0.1, -0.05) is 6.07 Å². The van der Waals surface area contributed by atoms with Gasteiger partial charge >= 0.3 is 0 Å². The number of phenols is 1. The molecule has 0 saturated heterocycles. The molecule has 0 radical (unpaired) electrons. The predicted octanol–water partition coefficient (Wildman–Crippen LogP) is 2.65. The summed E-state index contributed by atoms with van der Waals surface area (Å²) in [7, 11) is 1.90. The predicted molar refractivity (Wildman–Crippen MR) is 70.3 cm³/mol. The van der Waals surface area contributed by atoms with E-state index in [1.165, 1.54) is 0 Å². The molecule has 18 heavy (non-hydrogen) atoms. The standard InChI is InChI=1S/C14H13N3O/c1-9-5-6-10(12(18)8-9)13-16-11-4-3-7-15-14(11)17(13)2/h3-8,18H,1-2H3. The van der Waals surface area contributed by atoms with Gasteiger partial charge in [-0.2, -0.15) is 0 Å². The van der Waals surface area contributed by atoms with Gasteiger partial charge in [-0.05, 0) is 36.8 Å². The Balaban J connectivity index is 2.28. The van der Waals surface area contributed by atoms with Crippen LogP contribution in [0.4, 0.5) is 0 Å². The third kappa shape index (κ3) is 1.54. The van der Waals surface area contributed by atoms with Crippen molar-refractivity contribution in [3.63, 3.8) is 0 Å². The van der Waals surface area contributed by atoms with Crippen molar-refractivity contribution in [2.75, 3.05) is 0 Å². The topological polar surface area (TPSA) is 50.9 Å². The number of nitrogens with zero attached hydrogens (tertiary/aromatic N) is 3. The number of phenolic OH excluding ortho intramolecular Hbond substituents is 1. The van der Waals surface area contributed by atoms with Crippen molar-refractivity contribution in [1.82, 2.24) is 14.5 Å². The Hall–Kier alpha value is -2.36. The second kappa shape index (κ2) is 3.84. The molecule has 90 valence electrons. The van der Waals surface area contributed by atoms with Crippen molar-refractivity contribution >= 4 is 11.2 Å². The molecular formula is C14H13N3O. The highest BCUT2D eigenvalue weighted by molar-refractivity contribution is 5.78. The van der Waals surface area contributed by atoms with Crippen LogP contribution in [0.1, 0.15) is 5.56 Å². The molecule has 0 atom stereocenters. The van der Waals surface area contributed by atoms with Crippen LogP contribution in [0.3, 0.4) is 0 Å². The van der Waals surface area contributed by atoms with E-state index in [0.717, 1.165) is 28.1 Å². The van der Waals surface area contributed by atoms with Gasteiger partial charge < -0.3 is 9.67 Å². The van der Waals surface area contributed by atoms with E-state index in [1.54, 1.807) is 12.3 Å². The number of hydrogen-bond acceptors (Lipinski definition) is 3. The monoisotopic (exact) mass is 239 g/mol. The van der Waals surface area contributed by atoms with Crippen molar-refractivity contribution in [1.29, 1.82) is 0 Å². The number of benzene rings is 1. The summed E-state index contributed by atoms with van der Waals surface area (Å²) in [5, 5.41) is 10.0. The molecule has 0 fully saturated rings. The lowest BCUT2D eigenvalue weighted by molar-refractivity contribution is 0.476. The zero-order valence-electron chi connectivity index (χ0n) is 10.3. The fourth-order valence-electron chi connectivity index (χ4n) is 2.10. The number of rotatable bonds is 1. The van der Waals surface area contributed by atoms with Crippen molar-refractivity contribution in [2.45, 2.75) is 6.92 Å². The quantitative estimate of drug-likeness (QED) is 0.710. The van der Waals surface area contributed by atoms with Crippen molar-refractivity contribution in [3.05, 3.63) is 42.1 Å². The van der Waals surface area contributed by atoms with Crippen LogP contribution in [0.15, 0.2) is 36.5 Å². The number of aryl methyl sites for hydroxylation is 2. The summed E-state index contributed by atoms with van der Waals surface area (Å²) in [4.78, 5) is 8.81. The highest BCUT2D eigenvalue weighted by Gasteiger charge is 2.13. The number of aromatic nitrogens is 3. The zero-order valence-corrected chi connectivity index (χ0v) is 10.3. The van der Waals surface area contributed by atoms with Crippen LogP contribution < -0.4 is 0 Å². The molecule has 0 aliphatic rings. The Morgan fingerprint density at radius 2 is 2.06 bits per heavy atom. The first-order valence-corrected chi connectivity index (χ1v) is 5.74. The highest BCUT2D eigenvalue weighted by atomic mass is 16.3. The van der Waals surface area contributed by atoms with E-state index >= 15 is 0 Å². The maximum atomic E-state index is 10.0. The van der Waals surface area contributed by atoms with Crippen LogP contribution in [-0.4, -0.2) is 19.6 Å². The first-order chi connectivity index (χ1) is 8.66. The van der Waals surface area contributed by atoms with E-state index in [0.29, 0.717) is 0 Å². The maximum absolute atomic E-state index is 10.0. The van der Waals surface area contributed by atoms with Gasteiger partial charge in [0.1, 0.15) is 17.1 Å². The number of hydrogen-bond donors (Lipinski definition) is 1. The molecular weight excluding hydrogens is 226 g/mol. The van der Waals surface area contributed by atoms with Gasteiger partial charge in [0.15, 0.2) is 5.65 Å². The van der Waals surface area contributed by atoms with Crippen LogP contribution >= 0.6 is 0 Å². The second-order valence-electron chi connectivity index (χ2n) is 4.36. The van der Waals surface area contributed by atoms with E-state index in [-0.39, 0.29) is 5.75 Å². The summed E-state index contributed by atoms with van der Waals surface area (Å²) >= 11 is 0. The summed E-state index contributed by atoms with van der Waals surface area (Å²) < 4.78 is 1.89. The first kappa shape index (κ1) is 10.8. The Bertz CT molecular complexity index is 731. The molecule has 3 aromatic rings. The molecule has 0 spiro atoms. The molecule has 4 nitrogen and oxygen atoms in total. The first-order valence-electron chi connectivity index (χ1n) is 5.74. The normalized spacial score (nSPS) is 11.0. The zero-order chi connectivity index (χ0) is 12.7. The third-order valence-electron chi connectivity index (χ3n) is 3.02. The molecule has 0 aliphatic heterocycles. The average molecular weight is 239 g/mol. The lowest BCUT2D eigenvalue weighted by Gasteiger charge is -2.05. The number of pyridine rings is 1. The number of aromatic hydroxyl groups is 1. The Morgan fingerprint density at radius 3 is 2.78 bits per heavy atom. The summed E-state index contributed by atoms with van der Waals surface area (Å²) in [6.07, 6.45) is 1.74. The minimum Gasteiger partial charge on any atom is -0.507 e. The smallest absolute Gasteiger partial charge is 0.160 e. The van der Waals surface area contributed by atoms with Crippen molar-refractivity contribution in [3.8, 4) is 17.1 Å². The lowest BCUT2D eigenvalue weighted by atomic mass is 10.1. The van der Waals surface area contributed by atoms with Crippen LogP contribution in [0.2, 0.25) is 0 Å². The third-order valence-corrected chi connectivity index (χ3v) is 3.02. The Labute approximate surface area is 105 Å². The molecule has 2 heterocycles. The van der Waals surface area contributed by atoms with Crippen molar-refractivity contribution < 1.29 is 5.11 Å². The van der Waals surface area contributed by atoms with Gasteiger partial charge in [0.2, 0.25) is 0 Å². The Kier molecular flexibility index (Phi) is 2.30. The van der Waals surface area contributed by atoms with Crippen molar-refractivity contribution in [2.24, 2.45) is 7.05 Å². The molecule has 1 N–H and O–H groups in total. The van der Waals surface area contributed by atoms with Crippen LogP contribution in [0.25, 0.3) is 22.6 Å². The van der Waals surface area contributed by atoms with Crippen LogP contribution in [0, 0.1) is 6.92 Å². The van der Waals surface area contributed by atoms with E-state index in [4.69, 9.17) is 0 Å². The molecule has 0 saturated carbocycles. The summed E-state index contributed by atoms with van der Waals surface area (Å²) in [5.74, 6) is 0.967. The largest absolute Gasteiger partial charge is 0.507 e. The SMILES string of the molecule is Cc1ccc(-c2nc3cccnc3n2C)c(O)c1. The van der Waals surface area contributed by atoms with E-state index in [2.05, 4.69) is 9.97 Å². The van der Waals surface area contributed by atoms with Gasteiger partial charge in [0.05, 0.1) is 5.56 Å². The van der Waals surface area contributed by atoms with Gasteiger partial charge in [0.25, 0.3) is 0 Å². The summed E-state index contributed by atoms with van der Waals surface area (Å²) in [5.41, 5.74) is 3.39. The molecule has 2 aromatic heterocycles. The van der Waals surface area contributed by atoms with E-state index < -0.39 is 0 Å². The molecule has 1 aromatic carbocycles. The fraction of sp³-hybridized carbons (Fsp3) is 0.143. The van der Waals surface area contributed by atoms with Gasteiger partial charge in [-0.3, -0.25) is 0 Å². The van der Waals surface area contributed by atoms with Gasteiger partial charge in [-0.25, -0.2) is 9.97 Å². The van der Waals surface area contributed by atoms with Gasteiger partial charge in [0, 0.05) is 13.2 Å². The minimum atomic E-state index is 0.244. The van der Waals surface area contributed by atoms with E-state index in [9.17, 15) is 5.11 Å². The molecule has 0 unspecified atom stereocenters. The average Bonchev–Trinajstić information content (AvgIpc) is 2.68.